The molecule has 0 radical (unpaired) electrons. The summed E-state index contributed by atoms with van der Waals surface area (Å²) in [7, 11) is 1.64. The van der Waals surface area contributed by atoms with E-state index in [4.69, 9.17) is 4.74 Å². The van der Waals surface area contributed by atoms with Gasteiger partial charge in [0.2, 0.25) is 5.91 Å². The van der Waals surface area contributed by atoms with Crippen LogP contribution in [0, 0.1) is 0 Å². The van der Waals surface area contributed by atoms with E-state index in [1.807, 2.05) is 48.7 Å². The third kappa shape index (κ3) is 3.54. The molecule has 0 spiro atoms. The quantitative estimate of drug-likeness (QED) is 0.733. The highest BCUT2D eigenvalue weighted by Crippen LogP contribution is 2.19. The SMILES string of the molecule is COc1ccccc1CNC(=O)CCc1c[nH]c2ccccc12. The molecule has 3 rings (SSSR count). The van der Waals surface area contributed by atoms with Crippen LogP contribution in [-0.2, 0) is 17.8 Å². The molecule has 2 aromatic carbocycles. The molecule has 0 saturated heterocycles. The van der Waals surface area contributed by atoms with Crippen molar-refractivity contribution in [1.82, 2.24) is 10.3 Å². The summed E-state index contributed by atoms with van der Waals surface area (Å²) in [4.78, 5) is 15.3. The topological polar surface area (TPSA) is 54.1 Å². The van der Waals surface area contributed by atoms with Gasteiger partial charge >= 0.3 is 0 Å². The van der Waals surface area contributed by atoms with Crippen LogP contribution in [-0.4, -0.2) is 18.0 Å². The van der Waals surface area contributed by atoms with Crippen LogP contribution in [0.2, 0.25) is 0 Å². The highest BCUT2D eigenvalue weighted by Gasteiger charge is 2.08. The number of hydrogen-bond donors (Lipinski definition) is 2. The van der Waals surface area contributed by atoms with E-state index in [-0.39, 0.29) is 5.91 Å². The first-order valence-electron chi connectivity index (χ1n) is 7.71. The predicted octanol–water partition coefficient (Wildman–Crippen LogP) is 3.43. The van der Waals surface area contributed by atoms with E-state index >= 15 is 0 Å². The number of H-pyrrole nitrogens is 1. The van der Waals surface area contributed by atoms with E-state index in [9.17, 15) is 4.79 Å². The number of nitrogens with one attached hydrogen (secondary N) is 2. The monoisotopic (exact) mass is 308 g/mol. The molecule has 4 heteroatoms. The summed E-state index contributed by atoms with van der Waals surface area (Å²) >= 11 is 0. The van der Waals surface area contributed by atoms with Crippen molar-refractivity contribution >= 4 is 16.8 Å². The molecule has 1 heterocycles. The molecule has 0 aliphatic carbocycles. The molecule has 0 unspecified atom stereocenters. The zero-order chi connectivity index (χ0) is 16.1. The van der Waals surface area contributed by atoms with Gasteiger partial charge in [-0.05, 0) is 24.1 Å². The third-order valence-corrected chi connectivity index (χ3v) is 3.96. The van der Waals surface area contributed by atoms with E-state index in [2.05, 4.69) is 16.4 Å². The maximum atomic E-state index is 12.1. The van der Waals surface area contributed by atoms with Crippen LogP contribution in [0.4, 0.5) is 0 Å². The van der Waals surface area contributed by atoms with E-state index in [0.717, 1.165) is 23.3 Å². The van der Waals surface area contributed by atoms with Gasteiger partial charge in [0.25, 0.3) is 0 Å². The van der Waals surface area contributed by atoms with Crippen molar-refractivity contribution in [3.63, 3.8) is 0 Å². The molecule has 118 valence electrons. The van der Waals surface area contributed by atoms with Crippen molar-refractivity contribution in [1.29, 1.82) is 0 Å². The Kier molecular flexibility index (Phi) is 4.62. The fourth-order valence-electron chi connectivity index (χ4n) is 2.72. The molecule has 0 saturated carbocycles. The van der Waals surface area contributed by atoms with Crippen molar-refractivity contribution in [3.8, 4) is 5.75 Å². The Morgan fingerprint density at radius 2 is 1.87 bits per heavy atom. The second-order valence-corrected chi connectivity index (χ2v) is 5.45. The molecule has 0 aliphatic heterocycles. The van der Waals surface area contributed by atoms with Gasteiger partial charge < -0.3 is 15.0 Å². The van der Waals surface area contributed by atoms with Crippen LogP contribution in [0.15, 0.2) is 54.7 Å². The summed E-state index contributed by atoms with van der Waals surface area (Å²) in [6.07, 6.45) is 3.18. The second-order valence-electron chi connectivity index (χ2n) is 5.45. The maximum Gasteiger partial charge on any atom is 0.220 e. The maximum absolute atomic E-state index is 12.1. The van der Waals surface area contributed by atoms with Crippen molar-refractivity contribution in [2.75, 3.05) is 7.11 Å². The Bertz CT molecular complexity index is 808. The summed E-state index contributed by atoms with van der Waals surface area (Å²) in [6, 6.07) is 15.8. The number of carbonyl (C=O) groups excluding carboxylic acids is 1. The Balaban J connectivity index is 1.56. The van der Waals surface area contributed by atoms with Gasteiger partial charge in [-0.2, -0.15) is 0 Å². The van der Waals surface area contributed by atoms with Crippen molar-refractivity contribution < 1.29 is 9.53 Å². The lowest BCUT2D eigenvalue weighted by Gasteiger charge is -2.09. The molecule has 4 nitrogen and oxygen atoms in total. The summed E-state index contributed by atoms with van der Waals surface area (Å²) in [5.41, 5.74) is 3.26. The van der Waals surface area contributed by atoms with Crippen LogP contribution in [0.3, 0.4) is 0 Å². The number of amides is 1. The molecular formula is C19H20N2O2. The Labute approximate surface area is 135 Å². The average molecular weight is 308 g/mol. The molecule has 0 atom stereocenters. The minimum atomic E-state index is 0.0428. The lowest BCUT2D eigenvalue weighted by molar-refractivity contribution is -0.121. The number of aryl methyl sites for hydroxylation is 1. The van der Waals surface area contributed by atoms with E-state index in [1.54, 1.807) is 7.11 Å². The number of aromatic amines is 1. The first kappa shape index (κ1) is 15.2. The smallest absolute Gasteiger partial charge is 0.220 e. The number of carbonyl (C=O) groups is 1. The van der Waals surface area contributed by atoms with E-state index in [1.165, 1.54) is 10.9 Å². The zero-order valence-electron chi connectivity index (χ0n) is 13.1. The van der Waals surface area contributed by atoms with Gasteiger partial charge in [-0.25, -0.2) is 0 Å². The van der Waals surface area contributed by atoms with Crippen LogP contribution in [0.1, 0.15) is 17.5 Å². The Hall–Kier alpha value is -2.75. The molecule has 0 fully saturated rings. The van der Waals surface area contributed by atoms with E-state index < -0.39 is 0 Å². The largest absolute Gasteiger partial charge is 0.496 e. The number of aromatic nitrogens is 1. The molecule has 0 bridgehead atoms. The molecule has 1 amide bonds. The normalized spacial score (nSPS) is 10.7. The van der Waals surface area contributed by atoms with Crippen molar-refractivity contribution in [2.24, 2.45) is 0 Å². The fourth-order valence-corrected chi connectivity index (χ4v) is 2.72. The summed E-state index contributed by atoms with van der Waals surface area (Å²) in [5.74, 6) is 0.839. The number of hydrogen-bond acceptors (Lipinski definition) is 2. The minimum absolute atomic E-state index is 0.0428. The molecule has 2 N–H and O–H groups in total. The number of benzene rings is 2. The molecule has 3 aromatic rings. The standard InChI is InChI=1S/C19H20N2O2/c1-23-18-9-5-2-6-15(18)13-21-19(22)11-10-14-12-20-17-8-4-3-7-16(14)17/h2-9,12,20H,10-11,13H2,1H3,(H,21,22). The number of rotatable bonds is 6. The van der Waals surface area contributed by atoms with Gasteiger partial charge in [-0.15, -0.1) is 0 Å². The van der Waals surface area contributed by atoms with Crippen molar-refractivity contribution in [2.45, 2.75) is 19.4 Å². The molecule has 23 heavy (non-hydrogen) atoms. The van der Waals surface area contributed by atoms with Gasteiger partial charge in [0.1, 0.15) is 5.75 Å². The number of methoxy groups -OCH3 is 1. The highest BCUT2D eigenvalue weighted by atomic mass is 16.5. The minimum Gasteiger partial charge on any atom is -0.496 e. The zero-order valence-corrected chi connectivity index (χ0v) is 13.1. The highest BCUT2D eigenvalue weighted by molar-refractivity contribution is 5.84. The number of para-hydroxylation sites is 2. The van der Waals surface area contributed by atoms with Gasteiger partial charge in [0, 0.05) is 35.6 Å². The van der Waals surface area contributed by atoms with Crippen LogP contribution >= 0.6 is 0 Å². The second kappa shape index (κ2) is 7.01. The predicted molar refractivity (Wildman–Crippen MR) is 91.5 cm³/mol. The third-order valence-electron chi connectivity index (χ3n) is 3.96. The number of fused-ring (bicyclic) bond motifs is 1. The van der Waals surface area contributed by atoms with Crippen molar-refractivity contribution in [3.05, 3.63) is 65.9 Å². The van der Waals surface area contributed by atoms with E-state index in [0.29, 0.717) is 13.0 Å². The fraction of sp³-hybridized carbons (Fsp3) is 0.211. The molecular weight excluding hydrogens is 288 g/mol. The molecule has 0 aliphatic rings. The summed E-state index contributed by atoms with van der Waals surface area (Å²) in [6.45, 7) is 0.483. The van der Waals surface area contributed by atoms with Gasteiger partial charge in [0.15, 0.2) is 0 Å². The summed E-state index contributed by atoms with van der Waals surface area (Å²) < 4.78 is 5.29. The first-order chi connectivity index (χ1) is 11.3. The first-order valence-corrected chi connectivity index (χ1v) is 7.71. The Morgan fingerprint density at radius 3 is 2.74 bits per heavy atom. The van der Waals surface area contributed by atoms with Gasteiger partial charge in [-0.3, -0.25) is 4.79 Å². The average Bonchev–Trinajstić information content (AvgIpc) is 3.01. The van der Waals surface area contributed by atoms with Gasteiger partial charge in [-0.1, -0.05) is 36.4 Å². The van der Waals surface area contributed by atoms with Crippen LogP contribution < -0.4 is 10.1 Å². The lowest BCUT2D eigenvalue weighted by Crippen LogP contribution is -2.23. The lowest BCUT2D eigenvalue weighted by atomic mass is 10.1. The number of ether oxygens (including phenoxy) is 1. The van der Waals surface area contributed by atoms with Crippen LogP contribution in [0.25, 0.3) is 10.9 Å². The molecule has 1 aromatic heterocycles. The Morgan fingerprint density at radius 1 is 1.09 bits per heavy atom. The summed E-state index contributed by atoms with van der Waals surface area (Å²) in [5, 5.41) is 4.14. The van der Waals surface area contributed by atoms with Crippen LogP contribution in [0.5, 0.6) is 5.75 Å². The van der Waals surface area contributed by atoms with Gasteiger partial charge in [0.05, 0.1) is 7.11 Å².